The van der Waals surface area contributed by atoms with Gasteiger partial charge in [-0.1, -0.05) is 11.6 Å². The van der Waals surface area contributed by atoms with Gasteiger partial charge in [0.2, 0.25) is 0 Å². The van der Waals surface area contributed by atoms with Gasteiger partial charge in [0, 0.05) is 34.8 Å². The van der Waals surface area contributed by atoms with E-state index in [-0.39, 0.29) is 0 Å². The number of ether oxygens (including phenoxy) is 2. The van der Waals surface area contributed by atoms with Crippen molar-refractivity contribution in [3.05, 3.63) is 34.3 Å². The van der Waals surface area contributed by atoms with Gasteiger partial charge in [0.1, 0.15) is 0 Å². The fraction of sp³-hybridized carbons (Fsp3) is 0.250. The lowest BCUT2D eigenvalue weighted by Gasteiger charge is -2.13. The van der Waals surface area contributed by atoms with Crippen LogP contribution in [-0.2, 0) is 6.54 Å². The predicted molar refractivity (Wildman–Crippen MR) is 74.0 cm³/mol. The molecule has 0 atom stereocenters. The third-order valence-corrected chi connectivity index (χ3v) is 3.33. The van der Waals surface area contributed by atoms with E-state index in [0.717, 1.165) is 10.7 Å². The lowest BCUT2D eigenvalue weighted by molar-refractivity contribution is 0.352. The fourth-order valence-corrected chi connectivity index (χ4v) is 2.38. The number of nitrogens with one attached hydrogen (secondary N) is 1. The minimum absolute atomic E-state index is 0.577. The Kier molecular flexibility index (Phi) is 4.28. The maximum absolute atomic E-state index is 6.04. The second-order valence-corrected chi connectivity index (χ2v) is 4.82. The maximum atomic E-state index is 6.04. The summed E-state index contributed by atoms with van der Waals surface area (Å²) in [6.45, 7) is 0.577. The third-order valence-electron chi connectivity index (χ3n) is 2.38. The van der Waals surface area contributed by atoms with Crippen LogP contribution in [0, 0.1) is 0 Å². The zero-order chi connectivity index (χ0) is 13.0. The summed E-state index contributed by atoms with van der Waals surface area (Å²) >= 11 is 7.58. The van der Waals surface area contributed by atoms with Crippen molar-refractivity contribution in [1.29, 1.82) is 0 Å². The molecular weight excluding hydrogens is 272 g/mol. The smallest absolute Gasteiger partial charge is 0.182 e. The Morgan fingerprint density at radius 2 is 2.17 bits per heavy atom. The van der Waals surface area contributed by atoms with Crippen LogP contribution >= 0.6 is 22.9 Å². The van der Waals surface area contributed by atoms with Gasteiger partial charge in [0.15, 0.2) is 16.6 Å². The minimum Gasteiger partial charge on any atom is -0.493 e. The van der Waals surface area contributed by atoms with Gasteiger partial charge in [-0.15, -0.1) is 11.3 Å². The van der Waals surface area contributed by atoms with E-state index in [1.54, 1.807) is 37.8 Å². The first-order chi connectivity index (χ1) is 8.74. The number of halogens is 1. The molecule has 1 aromatic carbocycles. The van der Waals surface area contributed by atoms with Crippen LogP contribution in [0.4, 0.5) is 5.13 Å². The van der Waals surface area contributed by atoms with Crippen molar-refractivity contribution >= 4 is 28.1 Å². The zero-order valence-electron chi connectivity index (χ0n) is 10.1. The normalized spacial score (nSPS) is 10.2. The van der Waals surface area contributed by atoms with Crippen LogP contribution in [0.2, 0.25) is 5.02 Å². The first-order valence-corrected chi connectivity index (χ1v) is 6.54. The van der Waals surface area contributed by atoms with Crippen LogP contribution in [-0.4, -0.2) is 19.2 Å². The molecule has 0 amide bonds. The summed E-state index contributed by atoms with van der Waals surface area (Å²) in [5, 5.41) is 6.59. The van der Waals surface area contributed by atoms with E-state index in [0.29, 0.717) is 23.1 Å². The molecule has 6 heteroatoms. The molecule has 18 heavy (non-hydrogen) atoms. The summed E-state index contributed by atoms with van der Waals surface area (Å²) in [5.74, 6) is 1.31. The molecule has 0 aliphatic carbocycles. The lowest BCUT2D eigenvalue weighted by Crippen LogP contribution is -2.03. The standard InChI is InChI=1S/C12H13ClN2O2S/c1-16-10-6-9(13)5-8(11(10)17-2)7-15-12-14-3-4-18-12/h3-6H,7H2,1-2H3,(H,14,15). The summed E-state index contributed by atoms with van der Waals surface area (Å²) in [5.41, 5.74) is 0.928. The SMILES string of the molecule is COc1cc(Cl)cc(CNc2nccs2)c1OC. The molecule has 2 aromatic rings. The maximum Gasteiger partial charge on any atom is 0.182 e. The van der Waals surface area contributed by atoms with E-state index in [1.165, 1.54) is 0 Å². The van der Waals surface area contributed by atoms with Crippen LogP contribution in [0.1, 0.15) is 5.56 Å². The summed E-state index contributed by atoms with van der Waals surface area (Å²) in [7, 11) is 3.20. The molecule has 0 aliphatic rings. The molecule has 0 aliphatic heterocycles. The largest absolute Gasteiger partial charge is 0.493 e. The van der Waals surface area contributed by atoms with Crippen molar-refractivity contribution in [1.82, 2.24) is 4.98 Å². The molecule has 0 bridgehead atoms. The monoisotopic (exact) mass is 284 g/mol. The Bertz CT molecular complexity index is 517. The van der Waals surface area contributed by atoms with Gasteiger partial charge < -0.3 is 14.8 Å². The molecule has 1 heterocycles. The van der Waals surface area contributed by atoms with E-state index >= 15 is 0 Å². The van der Waals surface area contributed by atoms with Crippen LogP contribution in [0.5, 0.6) is 11.5 Å². The van der Waals surface area contributed by atoms with E-state index in [1.807, 2.05) is 11.4 Å². The predicted octanol–water partition coefficient (Wildman–Crippen LogP) is 3.43. The van der Waals surface area contributed by atoms with Gasteiger partial charge >= 0.3 is 0 Å². The van der Waals surface area contributed by atoms with E-state index in [4.69, 9.17) is 21.1 Å². The molecule has 4 nitrogen and oxygen atoms in total. The number of methoxy groups -OCH3 is 2. The second-order valence-electron chi connectivity index (χ2n) is 3.49. The number of thiazole rings is 1. The average molecular weight is 285 g/mol. The van der Waals surface area contributed by atoms with Gasteiger partial charge in [0.25, 0.3) is 0 Å². The van der Waals surface area contributed by atoms with Crippen molar-refractivity contribution in [2.75, 3.05) is 19.5 Å². The van der Waals surface area contributed by atoms with E-state index in [2.05, 4.69) is 10.3 Å². The van der Waals surface area contributed by atoms with Crippen molar-refractivity contribution in [3.63, 3.8) is 0 Å². The van der Waals surface area contributed by atoms with Crippen molar-refractivity contribution < 1.29 is 9.47 Å². The van der Waals surface area contributed by atoms with Crippen LogP contribution < -0.4 is 14.8 Å². The summed E-state index contributed by atoms with van der Waals surface area (Å²) in [4.78, 5) is 4.15. The second kappa shape index (κ2) is 5.93. The Balaban J connectivity index is 2.23. The molecule has 0 saturated heterocycles. The highest BCUT2D eigenvalue weighted by Gasteiger charge is 2.11. The first-order valence-electron chi connectivity index (χ1n) is 5.28. The van der Waals surface area contributed by atoms with Crippen molar-refractivity contribution in [3.8, 4) is 11.5 Å². The van der Waals surface area contributed by atoms with Gasteiger partial charge in [-0.05, 0) is 6.07 Å². The topological polar surface area (TPSA) is 43.4 Å². The van der Waals surface area contributed by atoms with E-state index < -0.39 is 0 Å². The number of nitrogens with zero attached hydrogens (tertiary/aromatic N) is 1. The highest BCUT2D eigenvalue weighted by Crippen LogP contribution is 2.34. The molecule has 0 radical (unpaired) electrons. The zero-order valence-corrected chi connectivity index (χ0v) is 11.6. The molecule has 0 spiro atoms. The Labute approximate surface area is 115 Å². The number of hydrogen-bond acceptors (Lipinski definition) is 5. The highest BCUT2D eigenvalue weighted by atomic mass is 35.5. The summed E-state index contributed by atoms with van der Waals surface area (Å²) in [6.07, 6.45) is 1.75. The Morgan fingerprint density at radius 1 is 1.33 bits per heavy atom. The lowest BCUT2D eigenvalue weighted by atomic mass is 10.2. The van der Waals surface area contributed by atoms with Gasteiger partial charge in [-0.25, -0.2) is 4.98 Å². The number of anilines is 1. The van der Waals surface area contributed by atoms with E-state index in [9.17, 15) is 0 Å². The third kappa shape index (κ3) is 2.86. The molecule has 0 fully saturated rings. The molecule has 0 saturated carbocycles. The van der Waals surface area contributed by atoms with Crippen LogP contribution in [0.3, 0.4) is 0 Å². The summed E-state index contributed by atoms with van der Waals surface area (Å²) in [6, 6.07) is 3.58. The number of benzene rings is 1. The Hall–Kier alpha value is -1.46. The molecule has 1 N–H and O–H groups in total. The summed E-state index contributed by atoms with van der Waals surface area (Å²) < 4.78 is 10.6. The van der Waals surface area contributed by atoms with Crippen molar-refractivity contribution in [2.24, 2.45) is 0 Å². The molecule has 2 rings (SSSR count). The molecule has 1 aromatic heterocycles. The van der Waals surface area contributed by atoms with Crippen LogP contribution in [0.15, 0.2) is 23.7 Å². The molecule has 0 unspecified atom stereocenters. The van der Waals surface area contributed by atoms with Gasteiger partial charge in [-0.2, -0.15) is 0 Å². The molecular formula is C12H13ClN2O2S. The number of hydrogen-bond donors (Lipinski definition) is 1. The average Bonchev–Trinajstić information content (AvgIpc) is 2.88. The number of rotatable bonds is 5. The highest BCUT2D eigenvalue weighted by molar-refractivity contribution is 7.13. The van der Waals surface area contributed by atoms with Crippen molar-refractivity contribution in [2.45, 2.75) is 6.54 Å². The molecule has 96 valence electrons. The fourth-order valence-electron chi connectivity index (χ4n) is 1.62. The first kappa shape index (κ1) is 13.0. The quantitative estimate of drug-likeness (QED) is 0.913. The van der Waals surface area contributed by atoms with Gasteiger partial charge in [0.05, 0.1) is 14.2 Å². The van der Waals surface area contributed by atoms with Gasteiger partial charge in [-0.3, -0.25) is 0 Å². The minimum atomic E-state index is 0.577. The van der Waals surface area contributed by atoms with Crippen LogP contribution in [0.25, 0.3) is 0 Å². The Morgan fingerprint density at radius 3 is 2.78 bits per heavy atom. The number of aromatic nitrogens is 1.